The van der Waals surface area contributed by atoms with Gasteiger partial charge in [-0.05, 0) is 32.3 Å². The number of rotatable bonds is 3. The van der Waals surface area contributed by atoms with Crippen LogP contribution in [0.2, 0.25) is 0 Å². The maximum absolute atomic E-state index is 12.5. The molecule has 2 aromatic heterocycles. The molecule has 4 rings (SSSR count). The summed E-state index contributed by atoms with van der Waals surface area (Å²) in [4.78, 5) is 21.8. The number of amides is 1. The van der Waals surface area contributed by atoms with Crippen LogP contribution in [0.15, 0.2) is 42.6 Å². The highest BCUT2D eigenvalue weighted by Crippen LogP contribution is 2.29. The van der Waals surface area contributed by atoms with Crippen LogP contribution in [0.1, 0.15) is 46.3 Å². The number of hydrogen-bond donors (Lipinski definition) is 1. The molecule has 132 valence electrons. The fourth-order valence-corrected chi connectivity index (χ4v) is 3.33. The third-order valence-electron chi connectivity index (χ3n) is 4.87. The molecule has 1 aliphatic carbocycles. The lowest BCUT2D eigenvalue weighted by molar-refractivity contribution is 0.0926. The number of hydrogen-bond acceptors (Lipinski definition) is 4. The van der Waals surface area contributed by atoms with E-state index >= 15 is 0 Å². The first-order valence-electron chi connectivity index (χ1n) is 8.84. The number of fused-ring (bicyclic) bond motifs is 1. The second-order valence-electron chi connectivity index (χ2n) is 6.67. The van der Waals surface area contributed by atoms with Gasteiger partial charge in [-0.15, -0.1) is 0 Å². The fourth-order valence-electron chi connectivity index (χ4n) is 3.33. The van der Waals surface area contributed by atoms with Gasteiger partial charge in [0.25, 0.3) is 5.91 Å². The molecule has 0 unspecified atom stereocenters. The van der Waals surface area contributed by atoms with Crippen LogP contribution >= 0.6 is 0 Å². The number of aromatic nitrogens is 4. The third-order valence-corrected chi connectivity index (χ3v) is 4.87. The molecule has 1 aromatic carbocycles. The summed E-state index contributed by atoms with van der Waals surface area (Å²) in [6.07, 6.45) is 4.65. The molecule has 0 bridgehead atoms. The van der Waals surface area contributed by atoms with E-state index in [1.807, 2.05) is 50.5 Å². The quantitative estimate of drug-likeness (QED) is 0.790. The molecule has 1 amide bonds. The molecular weight excluding hydrogens is 326 g/mol. The number of aryl methyl sites for hydroxylation is 3. The summed E-state index contributed by atoms with van der Waals surface area (Å²) in [6.45, 7) is 1.93. The summed E-state index contributed by atoms with van der Waals surface area (Å²) in [6, 6.07) is 11.7. The first kappa shape index (κ1) is 16.4. The maximum atomic E-state index is 12.5. The number of carbonyl (C=O) groups excluding carboxylic acids is 1. The van der Waals surface area contributed by atoms with Crippen molar-refractivity contribution in [1.82, 2.24) is 25.1 Å². The first-order valence-corrected chi connectivity index (χ1v) is 8.84. The van der Waals surface area contributed by atoms with Crippen molar-refractivity contribution in [3.63, 3.8) is 0 Å². The molecule has 0 radical (unpaired) electrons. The smallest absolute Gasteiger partial charge is 0.272 e. The Balaban J connectivity index is 1.58. The Bertz CT molecular complexity index is 929. The van der Waals surface area contributed by atoms with Gasteiger partial charge in [-0.2, -0.15) is 5.10 Å². The topological polar surface area (TPSA) is 72.7 Å². The standard InChI is InChI=1S/C20H21N5O/c1-13-11-18(24-25(13)2)20(26)23-17-10-6-9-16-15(17)12-21-19(22-16)14-7-4-3-5-8-14/h3-5,7-8,11-12,17H,6,9-10H2,1-2H3,(H,23,26)/t17-/m1/s1. The molecule has 0 saturated carbocycles. The predicted octanol–water partition coefficient (Wildman–Crippen LogP) is 2.99. The van der Waals surface area contributed by atoms with E-state index in [2.05, 4.69) is 15.4 Å². The molecule has 6 nitrogen and oxygen atoms in total. The van der Waals surface area contributed by atoms with E-state index in [9.17, 15) is 4.79 Å². The van der Waals surface area contributed by atoms with Gasteiger partial charge in [-0.3, -0.25) is 9.48 Å². The van der Waals surface area contributed by atoms with Crippen LogP contribution in [0, 0.1) is 6.92 Å². The van der Waals surface area contributed by atoms with E-state index in [1.165, 1.54) is 0 Å². The van der Waals surface area contributed by atoms with Gasteiger partial charge in [0, 0.05) is 35.8 Å². The first-order chi connectivity index (χ1) is 12.6. The molecule has 1 aliphatic rings. The summed E-state index contributed by atoms with van der Waals surface area (Å²) in [5.41, 5.74) is 4.43. The number of nitrogens with zero attached hydrogens (tertiary/aromatic N) is 4. The highest BCUT2D eigenvalue weighted by Gasteiger charge is 2.25. The van der Waals surface area contributed by atoms with Gasteiger partial charge in [-0.1, -0.05) is 30.3 Å². The summed E-state index contributed by atoms with van der Waals surface area (Å²) in [7, 11) is 1.83. The SMILES string of the molecule is Cc1cc(C(=O)N[C@@H]2CCCc3nc(-c4ccccc4)ncc32)nn1C. The Kier molecular flexibility index (Phi) is 4.24. The zero-order valence-corrected chi connectivity index (χ0v) is 14.9. The van der Waals surface area contributed by atoms with Gasteiger partial charge < -0.3 is 5.32 Å². The van der Waals surface area contributed by atoms with Crippen LogP contribution < -0.4 is 5.32 Å². The largest absolute Gasteiger partial charge is 0.344 e. The Morgan fingerprint density at radius 3 is 2.81 bits per heavy atom. The summed E-state index contributed by atoms with van der Waals surface area (Å²) >= 11 is 0. The van der Waals surface area contributed by atoms with Crippen molar-refractivity contribution >= 4 is 5.91 Å². The van der Waals surface area contributed by atoms with Gasteiger partial charge in [-0.25, -0.2) is 9.97 Å². The third kappa shape index (κ3) is 3.10. The molecule has 3 aromatic rings. The van der Waals surface area contributed by atoms with Crippen molar-refractivity contribution in [1.29, 1.82) is 0 Å². The molecule has 0 aliphatic heterocycles. The van der Waals surface area contributed by atoms with Crippen LogP contribution in [0.5, 0.6) is 0 Å². The number of carbonyl (C=O) groups is 1. The lowest BCUT2D eigenvalue weighted by atomic mass is 9.92. The van der Waals surface area contributed by atoms with E-state index in [4.69, 9.17) is 4.98 Å². The molecule has 0 fully saturated rings. The zero-order valence-electron chi connectivity index (χ0n) is 14.9. The Morgan fingerprint density at radius 1 is 1.27 bits per heavy atom. The summed E-state index contributed by atoms with van der Waals surface area (Å²) in [5.74, 6) is 0.579. The minimum atomic E-state index is -0.154. The van der Waals surface area contributed by atoms with E-state index < -0.39 is 0 Å². The van der Waals surface area contributed by atoms with Crippen molar-refractivity contribution in [3.05, 3.63) is 65.2 Å². The lowest BCUT2D eigenvalue weighted by Crippen LogP contribution is -2.32. The Labute approximate surface area is 152 Å². The highest BCUT2D eigenvalue weighted by atomic mass is 16.2. The lowest BCUT2D eigenvalue weighted by Gasteiger charge is -2.25. The second-order valence-corrected chi connectivity index (χ2v) is 6.67. The van der Waals surface area contributed by atoms with Crippen molar-refractivity contribution < 1.29 is 4.79 Å². The van der Waals surface area contributed by atoms with Crippen LogP contribution in [0.4, 0.5) is 0 Å². The fraction of sp³-hybridized carbons (Fsp3) is 0.300. The monoisotopic (exact) mass is 347 g/mol. The van der Waals surface area contributed by atoms with Gasteiger partial charge in [0.2, 0.25) is 0 Å². The number of nitrogens with one attached hydrogen (secondary N) is 1. The average Bonchev–Trinajstić information content (AvgIpc) is 3.01. The highest BCUT2D eigenvalue weighted by molar-refractivity contribution is 5.92. The Hall–Kier alpha value is -3.02. The molecule has 1 atom stereocenters. The normalized spacial score (nSPS) is 16.2. The van der Waals surface area contributed by atoms with Crippen LogP contribution in [0.3, 0.4) is 0 Å². The van der Waals surface area contributed by atoms with E-state index in [-0.39, 0.29) is 11.9 Å². The van der Waals surface area contributed by atoms with Crippen LogP contribution in [-0.4, -0.2) is 25.7 Å². The van der Waals surface area contributed by atoms with Crippen molar-refractivity contribution in [2.45, 2.75) is 32.2 Å². The summed E-state index contributed by atoms with van der Waals surface area (Å²) in [5, 5.41) is 7.36. The van der Waals surface area contributed by atoms with Gasteiger partial charge in [0.05, 0.1) is 6.04 Å². The molecular formula is C20H21N5O. The minimum absolute atomic E-state index is 0.0709. The molecule has 26 heavy (non-hydrogen) atoms. The minimum Gasteiger partial charge on any atom is -0.344 e. The molecule has 1 N–H and O–H groups in total. The van der Waals surface area contributed by atoms with Crippen LogP contribution in [-0.2, 0) is 13.5 Å². The summed E-state index contributed by atoms with van der Waals surface area (Å²) < 4.78 is 1.71. The van der Waals surface area contributed by atoms with E-state index in [0.717, 1.165) is 47.6 Å². The van der Waals surface area contributed by atoms with Gasteiger partial charge >= 0.3 is 0 Å². The molecule has 6 heteroatoms. The van der Waals surface area contributed by atoms with E-state index in [0.29, 0.717) is 5.69 Å². The van der Waals surface area contributed by atoms with E-state index in [1.54, 1.807) is 10.7 Å². The predicted molar refractivity (Wildman–Crippen MR) is 98.6 cm³/mol. The maximum Gasteiger partial charge on any atom is 0.272 e. The molecule has 0 spiro atoms. The van der Waals surface area contributed by atoms with Gasteiger partial charge in [0.1, 0.15) is 5.69 Å². The van der Waals surface area contributed by atoms with Crippen LogP contribution in [0.25, 0.3) is 11.4 Å². The second kappa shape index (κ2) is 6.71. The molecule has 0 saturated heterocycles. The van der Waals surface area contributed by atoms with Crippen molar-refractivity contribution in [2.24, 2.45) is 7.05 Å². The van der Waals surface area contributed by atoms with Crippen molar-refractivity contribution in [3.8, 4) is 11.4 Å². The van der Waals surface area contributed by atoms with Crippen molar-refractivity contribution in [2.75, 3.05) is 0 Å². The zero-order chi connectivity index (χ0) is 18.1. The number of benzene rings is 1. The Morgan fingerprint density at radius 2 is 2.08 bits per heavy atom. The van der Waals surface area contributed by atoms with Gasteiger partial charge in [0.15, 0.2) is 5.82 Å². The molecule has 2 heterocycles. The average molecular weight is 347 g/mol.